The second kappa shape index (κ2) is 6.02. The van der Waals surface area contributed by atoms with Crippen LogP contribution in [-0.2, 0) is 19.1 Å². The molecule has 0 radical (unpaired) electrons. The molecule has 3 aliphatic rings. The topological polar surface area (TPSA) is 113 Å². The van der Waals surface area contributed by atoms with E-state index in [-0.39, 0.29) is 12.0 Å². The Bertz CT molecular complexity index is 760. The predicted octanol–water partition coefficient (Wildman–Crippen LogP) is 0.785. The Morgan fingerprint density at radius 2 is 1.96 bits per heavy atom. The van der Waals surface area contributed by atoms with Crippen LogP contribution in [0.1, 0.15) is 34.1 Å². The van der Waals surface area contributed by atoms with Crippen molar-refractivity contribution in [2.75, 3.05) is 0 Å². The second-order valence-electron chi connectivity index (χ2n) is 8.18. The number of rotatable bonds is 2. The molecule has 0 aromatic heterocycles. The van der Waals surface area contributed by atoms with E-state index in [4.69, 9.17) is 9.47 Å². The van der Waals surface area contributed by atoms with Gasteiger partial charge >= 0.3 is 11.9 Å². The van der Waals surface area contributed by atoms with Gasteiger partial charge in [0.15, 0.2) is 0 Å². The van der Waals surface area contributed by atoms with Crippen LogP contribution < -0.4 is 0 Å². The van der Waals surface area contributed by atoms with Gasteiger partial charge in [0.05, 0.1) is 23.0 Å². The third-order valence-corrected chi connectivity index (χ3v) is 6.24. The van der Waals surface area contributed by atoms with Crippen molar-refractivity contribution in [2.24, 2.45) is 11.8 Å². The van der Waals surface area contributed by atoms with Crippen molar-refractivity contribution in [3.8, 4) is 0 Å². The number of aliphatic hydroxyl groups is 3. The Balaban J connectivity index is 2.11. The third-order valence-electron chi connectivity index (χ3n) is 6.24. The van der Waals surface area contributed by atoms with E-state index >= 15 is 0 Å². The number of hydrogen-bond donors (Lipinski definition) is 3. The van der Waals surface area contributed by atoms with Crippen LogP contribution in [0.4, 0.5) is 0 Å². The Kier molecular flexibility index (Phi) is 4.41. The molecule has 1 aliphatic heterocycles. The van der Waals surface area contributed by atoms with Crippen LogP contribution in [-0.4, -0.2) is 56.3 Å². The minimum absolute atomic E-state index is 0.0960. The smallest absolute Gasteiger partial charge is 0.334 e. The van der Waals surface area contributed by atoms with Crippen molar-refractivity contribution in [3.05, 3.63) is 36.0 Å². The van der Waals surface area contributed by atoms with Gasteiger partial charge in [0.2, 0.25) is 0 Å². The van der Waals surface area contributed by atoms with Gasteiger partial charge in [0, 0.05) is 17.6 Å². The molecule has 2 aliphatic carbocycles. The molecule has 1 saturated heterocycles. The Labute approximate surface area is 158 Å². The summed E-state index contributed by atoms with van der Waals surface area (Å²) in [5, 5.41) is 33.3. The van der Waals surface area contributed by atoms with Crippen molar-refractivity contribution in [2.45, 2.75) is 63.1 Å². The number of carbonyl (C=O) groups excluding carboxylic acids is 2. The number of allylic oxidation sites excluding steroid dienone is 1. The molecule has 3 N–H and O–H groups in total. The molecule has 148 valence electrons. The van der Waals surface area contributed by atoms with Crippen LogP contribution in [0.3, 0.4) is 0 Å². The number of esters is 2. The number of ether oxygens (including phenoxy) is 2. The van der Waals surface area contributed by atoms with E-state index in [0.29, 0.717) is 5.57 Å². The molecule has 0 aromatic rings. The lowest BCUT2D eigenvalue weighted by atomic mass is 9.70. The van der Waals surface area contributed by atoms with Gasteiger partial charge in [-0.2, -0.15) is 0 Å². The maximum Gasteiger partial charge on any atom is 0.334 e. The highest BCUT2D eigenvalue weighted by Gasteiger charge is 2.69. The summed E-state index contributed by atoms with van der Waals surface area (Å²) >= 11 is 0. The van der Waals surface area contributed by atoms with Gasteiger partial charge in [-0.3, -0.25) is 0 Å². The van der Waals surface area contributed by atoms with E-state index in [1.165, 1.54) is 26.0 Å². The summed E-state index contributed by atoms with van der Waals surface area (Å²) in [4.78, 5) is 24.6. The zero-order valence-electron chi connectivity index (χ0n) is 15.9. The van der Waals surface area contributed by atoms with Gasteiger partial charge in [-0.25, -0.2) is 9.59 Å². The third kappa shape index (κ3) is 2.76. The number of hydrogen-bond acceptors (Lipinski definition) is 7. The molecule has 27 heavy (non-hydrogen) atoms. The van der Waals surface area contributed by atoms with Crippen molar-refractivity contribution in [3.63, 3.8) is 0 Å². The average molecular weight is 378 g/mol. The molecule has 0 amide bonds. The Morgan fingerprint density at radius 3 is 2.56 bits per heavy atom. The van der Waals surface area contributed by atoms with Crippen molar-refractivity contribution in [1.82, 2.24) is 0 Å². The fourth-order valence-electron chi connectivity index (χ4n) is 4.51. The summed E-state index contributed by atoms with van der Waals surface area (Å²) in [6, 6.07) is 0. The standard InChI is InChI=1S/C20H26O7/c1-6-10(2)16(21)26-12-9-19(5,24)20(25)8-7-18(4,23)15(20)14-13(12)11(3)17(22)27-14/h6-8,12-15,23-25H,3,9H2,1-2,4-5H3. The molecule has 1 saturated carbocycles. The van der Waals surface area contributed by atoms with Crippen LogP contribution >= 0.6 is 0 Å². The molecule has 7 atom stereocenters. The van der Waals surface area contributed by atoms with E-state index in [1.807, 2.05) is 0 Å². The first-order chi connectivity index (χ1) is 12.4. The van der Waals surface area contributed by atoms with Crippen LogP contribution in [0.15, 0.2) is 36.0 Å². The van der Waals surface area contributed by atoms with Crippen LogP contribution in [0.2, 0.25) is 0 Å². The monoisotopic (exact) mass is 378 g/mol. The highest BCUT2D eigenvalue weighted by molar-refractivity contribution is 5.92. The minimum Gasteiger partial charge on any atom is -0.458 e. The van der Waals surface area contributed by atoms with E-state index in [9.17, 15) is 24.9 Å². The number of carbonyl (C=O) groups is 2. The summed E-state index contributed by atoms with van der Waals surface area (Å²) in [5.41, 5.74) is -4.69. The van der Waals surface area contributed by atoms with Crippen molar-refractivity contribution in [1.29, 1.82) is 0 Å². The molecule has 0 bridgehead atoms. The van der Waals surface area contributed by atoms with E-state index < -0.39 is 52.8 Å². The minimum atomic E-state index is -1.87. The van der Waals surface area contributed by atoms with E-state index in [0.717, 1.165) is 0 Å². The zero-order valence-corrected chi connectivity index (χ0v) is 15.9. The molecule has 2 fully saturated rings. The molecule has 3 rings (SSSR count). The van der Waals surface area contributed by atoms with Crippen LogP contribution in [0, 0.1) is 11.8 Å². The molecule has 7 nitrogen and oxygen atoms in total. The number of fused-ring (bicyclic) bond motifs is 3. The Hall–Kier alpha value is -1.96. The Morgan fingerprint density at radius 1 is 1.33 bits per heavy atom. The lowest BCUT2D eigenvalue weighted by Gasteiger charge is -2.44. The molecule has 0 spiro atoms. The van der Waals surface area contributed by atoms with Gasteiger partial charge in [-0.1, -0.05) is 24.8 Å². The second-order valence-corrected chi connectivity index (χ2v) is 8.18. The molecule has 7 unspecified atom stereocenters. The summed E-state index contributed by atoms with van der Waals surface area (Å²) in [6.07, 6.45) is 2.22. The van der Waals surface area contributed by atoms with Gasteiger partial charge in [0.25, 0.3) is 0 Å². The largest absolute Gasteiger partial charge is 0.458 e. The van der Waals surface area contributed by atoms with Gasteiger partial charge in [-0.15, -0.1) is 0 Å². The van der Waals surface area contributed by atoms with Gasteiger partial charge in [0.1, 0.15) is 17.8 Å². The summed E-state index contributed by atoms with van der Waals surface area (Å²) in [5.74, 6) is -3.09. The normalized spacial score (nSPS) is 46.6. The van der Waals surface area contributed by atoms with Gasteiger partial charge < -0.3 is 24.8 Å². The van der Waals surface area contributed by atoms with Gasteiger partial charge in [-0.05, 0) is 27.7 Å². The quantitative estimate of drug-likeness (QED) is 0.370. The molecule has 0 aromatic carbocycles. The lowest BCUT2D eigenvalue weighted by molar-refractivity contribution is -0.190. The lowest BCUT2D eigenvalue weighted by Crippen LogP contribution is -2.60. The highest BCUT2D eigenvalue weighted by Crippen LogP contribution is 2.55. The predicted molar refractivity (Wildman–Crippen MR) is 95.3 cm³/mol. The van der Waals surface area contributed by atoms with E-state index in [1.54, 1.807) is 19.9 Å². The average Bonchev–Trinajstić information content (AvgIpc) is 2.96. The van der Waals surface area contributed by atoms with Crippen molar-refractivity contribution < 1.29 is 34.4 Å². The van der Waals surface area contributed by atoms with Crippen LogP contribution in [0.25, 0.3) is 0 Å². The fraction of sp³-hybridized carbons (Fsp3) is 0.600. The molecule has 7 heteroatoms. The maximum absolute atomic E-state index is 12.3. The highest BCUT2D eigenvalue weighted by atomic mass is 16.6. The SMILES string of the molecule is C=C1C(=O)OC2C1C(OC(=O)C(C)=CC)CC(C)(O)C1(O)C=CC(C)(O)C21. The summed E-state index contributed by atoms with van der Waals surface area (Å²) in [7, 11) is 0. The maximum atomic E-state index is 12.3. The fourth-order valence-corrected chi connectivity index (χ4v) is 4.51. The summed E-state index contributed by atoms with van der Waals surface area (Å²) in [6.45, 7) is 9.95. The first-order valence-electron chi connectivity index (χ1n) is 8.97. The molecule has 1 heterocycles. The van der Waals surface area contributed by atoms with Crippen LogP contribution in [0.5, 0.6) is 0 Å². The zero-order chi connectivity index (χ0) is 20.4. The van der Waals surface area contributed by atoms with Crippen molar-refractivity contribution >= 4 is 11.9 Å². The first kappa shape index (κ1) is 19.8. The molecular formula is C20H26O7. The van der Waals surface area contributed by atoms with E-state index in [2.05, 4.69) is 6.58 Å². The molecular weight excluding hydrogens is 352 g/mol. The summed E-state index contributed by atoms with van der Waals surface area (Å²) < 4.78 is 11.0. The first-order valence-corrected chi connectivity index (χ1v) is 8.97.